The highest BCUT2D eigenvalue weighted by Gasteiger charge is 2.15. The van der Waals surface area contributed by atoms with Crippen molar-refractivity contribution in [3.05, 3.63) is 6.33 Å². The monoisotopic (exact) mass is 311 g/mol. The predicted molar refractivity (Wildman–Crippen MR) is 85.0 cm³/mol. The Bertz CT molecular complexity index is 488. The number of ether oxygens (including phenoxy) is 2. The average molecular weight is 311 g/mol. The summed E-state index contributed by atoms with van der Waals surface area (Å²) in [6.45, 7) is 8.90. The molecule has 1 aromatic rings. The van der Waals surface area contributed by atoms with Crippen LogP contribution in [0.15, 0.2) is 6.33 Å². The Morgan fingerprint density at radius 2 is 2.05 bits per heavy atom. The highest BCUT2D eigenvalue weighted by molar-refractivity contribution is 5.67. The van der Waals surface area contributed by atoms with Crippen LogP contribution in [-0.4, -0.2) is 41.4 Å². The van der Waals surface area contributed by atoms with E-state index >= 15 is 0 Å². The lowest BCUT2D eigenvalue weighted by Crippen LogP contribution is -2.33. The van der Waals surface area contributed by atoms with E-state index in [4.69, 9.17) is 15.2 Å². The number of nitrogens with two attached hydrogens (primary N) is 1. The van der Waals surface area contributed by atoms with E-state index in [1.807, 2.05) is 27.7 Å². The number of anilines is 2. The second-order valence-electron chi connectivity index (χ2n) is 5.58. The first-order valence-corrected chi connectivity index (χ1v) is 7.27. The van der Waals surface area contributed by atoms with Crippen LogP contribution >= 0.6 is 0 Å². The highest BCUT2D eigenvalue weighted by atomic mass is 16.6. The van der Waals surface area contributed by atoms with Gasteiger partial charge < -0.3 is 25.8 Å². The van der Waals surface area contributed by atoms with Gasteiger partial charge in [-0.15, -0.1) is 0 Å². The quantitative estimate of drug-likeness (QED) is 0.658. The van der Waals surface area contributed by atoms with Crippen LogP contribution in [0.25, 0.3) is 0 Å². The van der Waals surface area contributed by atoms with E-state index in [0.717, 1.165) is 0 Å². The molecule has 0 unspecified atom stereocenters. The SMILES string of the molecule is CCOc1ncnc(NCCCNC(=O)OC(C)(C)C)c1N. The lowest BCUT2D eigenvalue weighted by atomic mass is 10.2. The Balaban J connectivity index is 2.31. The Hall–Kier alpha value is -2.25. The van der Waals surface area contributed by atoms with Crippen molar-refractivity contribution in [1.29, 1.82) is 0 Å². The standard InChI is InChI=1S/C14H25N5O3/c1-5-21-12-10(15)11(18-9-19-12)16-7-6-8-17-13(20)22-14(2,3)4/h9H,5-8,15H2,1-4H3,(H,17,20)(H,16,18,19). The number of hydrogen-bond donors (Lipinski definition) is 3. The van der Waals surface area contributed by atoms with E-state index in [0.29, 0.717) is 43.5 Å². The second kappa shape index (κ2) is 8.26. The van der Waals surface area contributed by atoms with Gasteiger partial charge in [-0.05, 0) is 34.1 Å². The van der Waals surface area contributed by atoms with E-state index in [-0.39, 0.29) is 0 Å². The lowest BCUT2D eigenvalue weighted by molar-refractivity contribution is 0.0528. The van der Waals surface area contributed by atoms with Crippen LogP contribution in [0.1, 0.15) is 34.1 Å². The van der Waals surface area contributed by atoms with Crippen LogP contribution in [0.3, 0.4) is 0 Å². The van der Waals surface area contributed by atoms with Crippen LogP contribution in [-0.2, 0) is 4.74 Å². The van der Waals surface area contributed by atoms with Crippen molar-refractivity contribution in [3.63, 3.8) is 0 Å². The molecule has 1 rings (SSSR count). The second-order valence-corrected chi connectivity index (χ2v) is 5.58. The molecule has 1 amide bonds. The Labute approximate surface area is 130 Å². The maximum atomic E-state index is 11.5. The molecule has 0 aromatic carbocycles. The van der Waals surface area contributed by atoms with Gasteiger partial charge in [0, 0.05) is 13.1 Å². The largest absolute Gasteiger partial charge is 0.476 e. The molecule has 0 bridgehead atoms. The Kier molecular flexibility index (Phi) is 6.68. The van der Waals surface area contributed by atoms with Gasteiger partial charge in [-0.3, -0.25) is 0 Å². The normalized spacial score (nSPS) is 10.9. The molecular weight excluding hydrogens is 286 g/mol. The molecule has 0 aliphatic rings. The van der Waals surface area contributed by atoms with Crippen molar-refractivity contribution >= 4 is 17.6 Å². The number of alkyl carbamates (subject to hydrolysis) is 1. The molecule has 8 heteroatoms. The average Bonchev–Trinajstić information content (AvgIpc) is 2.40. The zero-order valence-corrected chi connectivity index (χ0v) is 13.6. The number of amides is 1. The molecule has 0 spiro atoms. The Morgan fingerprint density at radius 3 is 2.68 bits per heavy atom. The molecule has 0 aliphatic carbocycles. The van der Waals surface area contributed by atoms with Gasteiger partial charge in [0.25, 0.3) is 0 Å². The molecule has 0 radical (unpaired) electrons. The predicted octanol–water partition coefficient (Wildman–Crippen LogP) is 1.78. The van der Waals surface area contributed by atoms with Crippen molar-refractivity contribution in [2.75, 3.05) is 30.7 Å². The van der Waals surface area contributed by atoms with E-state index in [2.05, 4.69) is 20.6 Å². The molecule has 1 heterocycles. The number of rotatable bonds is 7. The summed E-state index contributed by atoms with van der Waals surface area (Å²) in [4.78, 5) is 19.5. The van der Waals surface area contributed by atoms with Crippen LogP contribution in [0.2, 0.25) is 0 Å². The number of aromatic nitrogens is 2. The molecule has 0 saturated carbocycles. The minimum absolute atomic E-state index is 0.367. The molecule has 1 aromatic heterocycles. The maximum Gasteiger partial charge on any atom is 0.407 e. The van der Waals surface area contributed by atoms with Crippen molar-refractivity contribution in [2.45, 2.75) is 39.7 Å². The highest BCUT2D eigenvalue weighted by Crippen LogP contribution is 2.24. The fourth-order valence-electron chi connectivity index (χ4n) is 1.57. The summed E-state index contributed by atoms with van der Waals surface area (Å²) < 4.78 is 10.4. The molecular formula is C14H25N5O3. The summed E-state index contributed by atoms with van der Waals surface area (Å²) in [5.41, 5.74) is 5.79. The van der Waals surface area contributed by atoms with Crippen LogP contribution < -0.4 is 21.1 Å². The van der Waals surface area contributed by atoms with Gasteiger partial charge in [-0.2, -0.15) is 4.98 Å². The van der Waals surface area contributed by atoms with E-state index in [1.54, 1.807) is 0 Å². The van der Waals surface area contributed by atoms with Gasteiger partial charge in [0.05, 0.1) is 6.61 Å². The topological polar surface area (TPSA) is 111 Å². The number of hydrogen-bond acceptors (Lipinski definition) is 7. The molecule has 0 aliphatic heterocycles. The molecule has 4 N–H and O–H groups in total. The van der Waals surface area contributed by atoms with E-state index < -0.39 is 11.7 Å². The smallest absolute Gasteiger partial charge is 0.407 e. The van der Waals surface area contributed by atoms with Gasteiger partial charge in [-0.1, -0.05) is 0 Å². The number of carbonyl (C=O) groups excluding carboxylic acids is 1. The van der Waals surface area contributed by atoms with Gasteiger partial charge >= 0.3 is 6.09 Å². The summed E-state index contributed by atoms with van der Waals surface area (Å²) in [7, 11) is 0. The van der Waals surface area contributed by atoms with Crippen molar-refractivity contribution < 1.29 is 14.3 Å². The van der Waals surface area contributed by atoms with Crippen molar-refractivity contribution in [3.8, 4) is 5.88 Å². The first-order chi connectivity index (χ1) is 10.3. The van der Waals surface area contributed by atoms with Crippen LogP contribution in [0.5, 0.6) is 5.88 Å². The zero-order valence-electron chi connectivity index (χ0n) is 13.6. The van der Waals surface area contributed by atoms with Crippen LogP contribution in [0, 0.1) is 0 Å². The molecule has 8 nitrogen and oxygen atoms in total. The third-order valence-electron chi connectivity index (χ3n) is 2.44. The number of nitrogens with zero attached hydrogens (tertiary/aromatic N) is 2. The first-order valence-electron chi connectivity index (χ1n) is 7.27. The fraction of sp³-hybridized carbons (Fsp3) is 0.643. The maximum absolute atomic E-state index is 11.5. The number of carbonyl (C=O) groups is 1. The number of nitrogens with one attached hydrogen (secondary N) is 2. The van der Waals surface area contributed by atoms with E-state index in [9.17, 15) is 4.79 Å². The summed E-state index contributed by atoms with van der Waals surface area (Å²) in [5.74, 6) is 0.891. The molecule has 0 atom stereocenters. The minimum Gasteiger partial charge on any atom is -0.476 e. The third-order valence-corrected chi connectivity index (χ3v) is 2.44. The first kappa shape index (κ1) is 17.8. The van der Waals surface area contributed by atoms with Crippen molar-refractivity contribution in [2.24, 2.45) is 0 Å². The van der Waals surface area contributed by atoms with Gasteiger partial charge in [0.2, 0.25) is 5.88 Å². The molecule has 0 saturated heterocycles. The summed E-state index contributed by atoms with van der Waals surface area (Å²) in [6.07, 6.45) is 1.67. The minimum atomic E-state index is -0.493. The lowest BCUT2D eigenvalue weighted by Gasteiger charge is -2.19. The molecule has 0 fully saturated rings. The van der Waals surface area contributed by atoms with Gasteiger partial charge in [0.15, 0.2) is 5.82 Å². The van der Waals surface area contributed by atoms with Gasteiger partial charge in [-0.25, -0.2) is 9.78 Å². The number of nitrogen functional groups attached to an aromatic ring is 1. The van der Waals surface area contributed by atoms with Gasteiger partial charge in [0.1, 0.15) is 17.6 Å². The summed E-state index contributed by atoms with van der Waals surface area (Å²) >= 11 is 0. The zero-order chi connectivity index (χ0) is 16.6. The third kappa shape index (κ3) is 6.47. The molecule has 124 valence electrons. The molecule has 22 heavy (non-hydrogen) atoms. The summed E-state index contributed by atoms with van der Waals surface area (Å²) in [6, 6.07) is 0. The van der Waals surface area contributed by atoms with Crippen LogP contribution in [0.4, 0.5) is 16.3 Å². The fourth-order valence-corrected chi connectivity index (χ4v) is 1.57. The Morgan fingerprint density at radius 1 is 1.32 bits per heavy atom. The van der Waals surface area contributed by atoms with E-state index in [1.165, 1.54) is 6.33 Å². The van der Waals surface area contributed by atoms with Crippen molar-refractivity contribution in [1.82, 2.24) is 15.3 Å². The summed E-state index contributed by atoms with van der Waals surface area (Å²) in [5, 5.41) is 5.77.